The monoisotopic (exact) mass is 524 g/mol. The van der Waals surface area contributed by atoms with Gasteiger partial charge in [0.1, 0.15) is 18.6 Å². The lowest BCUT2D eigenvalue weighted by Gasteiger charge is -2.39. The van der Waals surface area contributed by atoms with Gasteiger partial charge in [0.25, 0.3) is 5.69 Å². The molecule has 3 heterocycles. The molecule has 2 N–H and O–H groups in total. The first-order valence-electron chi connectivity index (χ1n) is 12.4. The van der Waals surface area contributed by atoms with Crippen LogP contribution in [0.2, 0.25) is 0 Å². The van der Waals surface area contributed by atoms with E-state index >= 15 is 4.39 Å². The molecule has 2 aromatic carbocycles. The Hall–Kier alpha value is -4.26. The number of piperazine rings is 1. The number of esters is 1. The third-order valence-electron chi connectivity index (χ3n) is 7.34. The number of nitrogens with one attached hydrogen (secondary N) is 2. The topological polar surface area (TPSA) is 137 Å². The normalized spacial score (nSPS) is 22.6. The number of nitro benzene ring substituents is 1. The second-order valence-electron chi connectivity index (χ2n) is 9.75. The summed E-state index contributed by atoms with van der Waals surface area (Å²) >= 11 is 0. The lowest BCUT2D eigenvalue weighted by atomic mass is 10.0. The van der Waals surface area contributed by atoms with Gasteiger partial charge in [-0.2, -0.15) is 0 Å². The molecule has 198 valence electrons. The summed E-state index contributed by atoms with van der Waals surface area (Å²) in [6, 6.07) is 7.80. The number of amides is 3. The van der Waals surface area contributed by atoms with Crippen molar-refractivity contribution in [2.75, 3.05) is 40.9 Å². The zero-order chi connectivity index (χ0) is 26.6. The molecule has 2 saturated heterocycles. The van der Waals surface area contributed by atoms with Gasteiger partial charge in [-0.05, 0) is 36.6 Å². The van der Waals surface area contributed by atoms with E-state index in [9.17, 15) is 24.5 Å². The van der Waals surface area contributed by atoms with Crippen LogP contribution in [0.15, 0.2) is 36.4 Å². The smallest absolute Gasteiger partial charge is 0.330 e. The number of halogens is 1. The van der Waals surface area contributed by atoms with Crippen LogP contribution in [0.1, 0.15) is 18.4 Å². The van der Waals surface area contributed by atoms with E-state index in [1.54, 1.807) is 6.07 Å². The van der Waals surface area contributed by atoms with Gasteiger partial charge in [-0.25, -0.2) is 9.18 Å². The van der Waals surface area contributed by atoms with Gasteiger partial charge in [-0.3, -0.25) is 29.9 Å². The molecule has 2 atom stereocenters. The van der Waals surface area contributed by atoms with Crippen LogP contribution in [0, 0.1) is 21.8 Å². The van der Waals surface area contributed by atoms with E-state index in [1.165, 1.54) is 35.2 Å². The molecule has 0 radical (unpaired) electrons. The molecule has 6 rings (SSSR count). The Morgan fingerprint density at radius 3 is 2.45 bits per heavy atom. The Kier molecular flexibility index (Phi) is 5.86. The molecule has 0 spiro atoms. The van der Waals surface area contributed by atoms with Gasteiger partial charge in [0, 0.05) is 50.4 Å². The van der Waals surface area contributed by atoms with Crippen LogP contribution < -0.4 is 25.3 Å². The summed E-state index contributed by atoms with van der Waals surface area (Å²) in [5.74, 6) is -3.48. The number of hydrogen-bond donors (Lipinski definition) is 2. The number of nitro groups is 1. The lowest BCUT2D eigenvalue weighted by Crippen LogP contribution is -2.65. The Morgan fingerprint density at radius 1 is 1.08 bits per heavy atom. The van der Waals surface area contributed by atoms with Crippen molar-refractivity contribution in [3.63, 3.8) is 0 Å². The second-order valence-corrected chi connectivity index (χ2v) is 9.75. The predicted octanol–water partition coefficient (Wildman–Crippen LogP) is 1.87. The number of benzene rings is 2. The highest BCUT2D eigenvalue weighted by atomic mass is 19.1. The molecule has 12 nitrogen and oxygen atoms in total. The van der Waals surface area contributed by atoms with Gasteiger partial charge in [-0.15, -0.1) is 0 Å². The van der Waals surface area contributed by atoms with E-state index < -0.39 is 40.7 Å². The molecule has 3 amide bonds. The Balaban J connectivity index is 1.30. The van der Waals surface area contributed by atoms with Gasteiger partial charge >= 0.3 is 12.0 Å². The minimum atomic E-state index is -1.37. The van der Waals surface area contributed by atoms with Crippen LogP contribution in [0.5, 0.6) is 0 Å². The van der Waals surface area contributed by atoms with Crippen molar-refractivity contribution in [3.8, 4) is 0 Å². The molecule has 4 aliphatic rings. The van der Waals surface area contributed by atoms with E-state index in [2.05, 4.69) is 10.6 Å². The largest absolute Gasteiger partial charge is 0.460 e. The third-order valence-corrected chi connectivity index (χ3v) is 7.34. The molecule has 2 aromatic rings. The van der Waals surface area contributed by atoms with Crippen LogP contribution in [-0.4, -0.2) is 61.2 Å². The number of imide groups is 1. The van der Waals surface area contributed by atoms with Crippen molar-refractivity contribution in [3.05, 3.63) is 57.9 Å². The number of nitrogens with zero attached hydrogens (tertiary/aromatic N) is 4. The number of hydrogen-bond acceptors (Lipinski definition) is 9. The van der Waals surface area contributed by atoms with Crippen LogP contribution in [0.4, 0.5) is 31.9 Å². The third kappa shape index (κ3) is 4.08. The molecule has 1 saturated carbocycles. The van der Waals surface area contributed by atoms with Crippen LogP contribution in [-0.2, 0) is 20.9 Å². The fourth-order valence-electron chi connectivity index (χ4n) is 5.37. The van der Waals surface area contributed by atoms with Gasteiger partial charge in [0.2, 0.25) is 5.91 Å². The fraction of sp³-hybridized carbons (Fsp3) is 0.400. The molecular formula is C25H25FN6O6. The zero-order valence-corrected chi connectivity index (χ0v) is 20.3. The quantitative estimate of drug-likeness (QED) is 0.251. The van der Waals surface area contributed by atoms with Crippen molar-refractivity contribution in [1.82, 2.24) is 10.6 Å². The van der Waals surface area contributed by atoms with E-state index in [1.807, 2.05) is 9.80 Å². The molecule has 0 bridgehead atoms. The Bertz CT molecular complexity index is 1330. The number of ether oxygens (including phenoxy) is 1. The van der Waals surface area contributed by atoms with Crippen molar-refractivity contribution < 1.29 is 28.4 Å². The highest BCUT2D eigenvalue weighted by Gasteiger charge is 2.57. The van der Waals surface area contributed by atoms with Gasteiger partial charge in [0.15, 0.2) is 5.92 Å². The van der Waals surface area contributed by atoms with Crippen molar-refractivity contribution in [1.29, 1.82) is 0 Å². The molecule has 3 aliphatic heterocycles. The molecule has 3 fully saturated rings. The summed E-state index contributed by atoms with van der Waals surface area (Å²) in [6.07, 6.45) is 0.635. The first-order chi connectivity index (χ1) is 18.3. The summed E-state index contributed by atoms with van der Waals surface area (Å²) < 4.78 is 20.8. The average molecular weight is 525 g/mol. The summed E-state index contributed by atoms with van der Waals surface area (Å²) in [6.45, 7) is 2.49. The van der Waals surface area contributed by atoms with E-state index in [0.29, 0.717) is 35.7 Å². The predicted molar refractivity (Wildman–Crippen MR) is 133 cm³/mol. The van der Waals surface area contributed by atoms with Gasteiger partial charge in [-0.1, -0.05) is 0 Å². The standard InChI is InChI=1S/C25H25FN6O6/c26-17-11-19-20(12-18(17)29-9-7-27-8-10-29)30(15-5-6-15)23-21(22(33)28-25(35)31(19)23)24(34)38-13-14-1-3-16(4-2-14)32(36)37/h1-4,11-12,15,21,23,27H,5-10,13H2,(H,28,33,35). The summed E-state index contributed by atoms with van der Waals surface area (Å²) in [5, 5.41) is 16.3. The number of non-ortho nitro benzene ring substituents is 1. The summed E-state index contributed by atoms with van der Waals surface area (Å²) in [7, 11) is 0. The number of carbonyl (C=O) groups excluding carboxylic acids is 3. The SMILES string of the molecule is O=C1NC(=O)N2c3cc(F)c(N4CCNCC4)cc3N(C3CC3)C2C1C(=O)OCc1ccc([N+](=O)[O-])cc1. The molecule has 2 unspecified atom stereocenters. The van der Waals surface area contributed by atoms with Gasteiger partial charge in [0.05, 0.1) is 22.0 Å². The maximum Gasteiger partial charge on any atom is 0.330 e. The van der Waals surface area contributed by atoms with Crippen LogP contribution >= 0.6 is 0 Å². The number of anilines is 3. The maximum absolute atomic E-state index is 15.3. The Morgan fingerprint density at radius 2 is 1.79 bits per heavy atom. The highest BCUT2D eigenvalue weighted by Crippen LogP contribution is 2.50. The van der Waals surface area contributed by atoms with Gasteiger partial charge < -0.3 is 19.9 Å². The zero-order valence-electron chi connectivity index (χ0n) is 20.3. The molecule has 0 aromatic heterocycles. The molecular weight excluding hydrogens is 499 g/mol. The summed E-state index contributed by atoms with van der Waals surface area (Å²) in [4.78, 5) is 54.7. The highest BCUT2D eigenvalue weighted by molar-refractivity contribution is 6.16. The molecule has 13 heteroatoms. The number of carbonyl (C=O) groups is 3. The second kappa shape index (κ2) is 9.24. The number of rotatable bonds is 6. The van der Waals surface area contributed by atoms with Crippen molar-refractivity contribution in [2.24, 2.45) is 5.92 Å². The first kappa shape index (κ1) is 24.1. The van der Waals surface area contributed by atoms with E-state index in [4.69, 9.17) is 4.74 Å². The Labute approximate surface area is 216 Å². The lowest BCUT2D eigenvalue weighted by molar-refractivity contribution is -0.384. The number of fused-ring (bicyclic) bond motifs is 3. The molecule has 1 aliphatic carbocycles. The van der Waals surface area contributed by atoms with E-state index in [-0.39, 0.29) is 18.3 Å². The molecule has 38 heavy (non-hydrogen) atoms. The van der Waals surface area contributed by atoms with Crippen LogP contribution in [0.25, 0.3) is 0 Å². The minimum absolute atomic E-state index is 0.00578. The maximum atomic E-state index is 15.3. The fourth-order valence-corrected chi connectivity index (χ4v) is 5.37. The van der Waals surface area contributed by atoms with Crippen LogP contribution in [0.3, 0.4) is 0 Å². The van der Waals surface area contributed by atoms with Crippen molar-refractivity contribution >= 4 is 40.7 Å². The number of urea groups is 1. The summed E-state index contributed by atoms with van der Waals surface area (Å²) in [5.41, 5.74) is 1.73. The van der Waals surface area contributed by atoms with E-state index in [0.717, 1.165) is 25.9 Å². The average Bonchev–Trinajstić information content (AvgIpc) is 3.69. The minimum Gasteiger partial charge on any atom is -0.460 e. The van der Waals surface area contributed by atoms with Crippen molar-refractivity contribution in [2.45, 2.75) is 31.7 Å². The first-order valence-corrected chi connectivity index (χ1v) is 12.4.